The van der Waals surface area contributed by atoms with Crippen LogP contribution in [0.15, 0.2) is 54.6 Å². The molecule has 1 aromatic heterocycles. The van der Waals surface area contributed by atoms with Gasteiger partial charge in [0.1, 0.15) is 17.5 Å². The first-order valence-corrected chi connectivity index (χ1v) is 7.81. The summed E-state index contributed by atoms with van der Waals surface area (Å²) in [5, 5.41) is 9.93. The molecule has 3 aromatic rings. The fraction of sp³-hybridized carbons (Fsp3) is 0.0526. The van der Waals surface area contributed by atoms with Crippen molar-refractivity contribution in [1.82, 2.24) is 4.98 Å². The average Bonchev–Trinajstić information content (AvgIpc) is 2.61. The molecule has 0 aliphatic heterocycles. The summed E-state index contributed by atoms with van der Waals surface area (Å²) in [6, 6.07) is 15.0. The molecular weight excluding hydrogens is 363 g/mol. The molecule has 3 nitrogen and oxygen atoms in total. The molecule has 0 spiro atoms. The lowest BCUT2D eigenvalue weighted by molar-refractivity contribution is -0.137. The van der Waals surface area contributed by atoms with Crippen LogP contribution in [-0.2, 0) is 6.18 Å². The van der Waals surface area contributed by atoms with Crippen molar-refractivity contribution in [3.05, 3.63) is 70.7 Å². The van der Waals surface area contributed by atoms with E-state index in [4.69, 9.17) is 17.3 Å². The average molecular weight is 374 g/mol. The van der Waals surface area contributed by atoms with Gasteiger partial charge in [0.25, 0.3) is 0 Å². The Morgan fingerprint density at radius 3 is 2.08 bits per heavy atom. The number of halogens is 4. The Morgan fingerprint density at radius 1 is 0.962 bits per heavy atom. The van der Waals surface area contributed by atoms with Crippen LogP contribution in [0.5, 0.6) is 0 Å². The number of hydrogen-bond acceptors (Lipinski definition) is 3. The van der Waals surface area contributed by atoms with Crippen LogP contribution < -0.4 is 5.73 Å². The highest BCUT2D eigenvalue weighted by Crippen LogP contribution is 2.34. The number of pyridine rings is 1. The monoisotopic (exact) mass is 373 g/mol. The fourth-order valence-corrected chi connectivity index (χ4v) is 2.64. The van der Waals surface area contributed by atoms with Crippen LogP contribution in [0.25, 0.3) is 22.4 Å². The number of nitriles is 1. The summed E-state index contributed by atoms with van der Waals surface area (Å²) in [5.41, 5.74) is 7.32. The van der Waals surface area contributed by atoms with Gasteiger partial charge in [0.2, 0.25) is 0 Å². The Hall–Kier alpha value is -3.04. The van der Waals surface area contributed by atoms with Gasteiger partial charge in [-0.15, -0.1) is 0 Å². The Kier molecular flexibility index (Phi) is 4.58. The highest BCUT2D eigenvalue weighted by atomic mass is 35.5. The normalized spacial score (nSPS) is 11.2. The second-order valence-electron chi connectivity index (χ2n) is 5.51. The molecule has 130 valence electrons. The van der Waals surface area contributed by atoms with Crippen molar-refractivity contribution < 1.29 is 13.2 Å². The van der Waals surface area contributed by atoms with E-state index < -0.39 is 11.7 Å². The van der Waals surface area contributed by atoms with E-state index in [0.29, 0.717) is 21.8 Å². The summed E-state index contributed by atoms with van der Waals surface area (Å²) in [6.07, 6.45) is -4.43. The van der Waals surface area contributed by atoms with Crippen LogP contribution in [0.1, 0.15) is 11.1 Å². The van der Waals surface area contributed by atoms with E-state index in [0.717, 1.165) is 17.7 Å². The summed E-state index contributed by atoms with van der Waals surface area (Å²) in [7, 11) is 0. The minimum atomic E-state index is -4.43. The van der Waals surface area contributed by atoms with Gasteiger partial charge in [-0.25, -0.2) is 4.98 Å². The Labute approximate surface area is 152 Å². The van der Waals surface area contributed by atoms with Gasteiger partial charge in [0.05, 0.1) is 11.3 Å². The quantitative estimate of drug-likeness (QED) is 0.641. The topological polar surface area (TPSA) is 62.7 Å². The van der Waals surface area contributed by atoms with Crippen molar-refractivity contribution >= 4 is 17.4 Å². The highest BCUT2D eigenvalue weighted by Gasteiger charge is 2.30. The van der Waals surface area contributed by atoms with E-state index in [9.17, 15) is 18.4 Å². The van der Waals surface area contributed by atoms with Gasteiger partial charge in [0, 0.05) is 16.1 Å². The minimum Gasteiger partial charge on any atom is -0.383 e. The molecule has 0 fully saturated rings. The van der Waals surface area contributed by atoms with E-state index in [1.807, 2.05) is 6.07 Å². The molecule has 0 saturated carbocycles. The van der Waals surface area contributed by atoms with Crippen LogP contribution in [-0.4, -0.2) is 4.98 Å². The number of anilines is 1. The molecule has 0 aliphatic carbocycles. The zero-order valence-electron chi connectivity index (χ0n) is 13.2. The Balaban J connectivity index is 2.14. The van der Waals surface area contributed by atoms with Crippen LogP contribution in [0, 0.1) is 11.3 Å². The second-order valence-corrected chi connectivity index (χ2v) is 5.95. The third-order valence-corrected chi connectivity index (χ3v) is 4.07. The van der Waals surface area contributed by atoms with E-state index in [1.54, 1.807) is 30.3 Å². The smallest absolute Gasteiger partial charge is 0.383 e. The number of nitrogen functional groups attached to an aromatic ring is 1. The molecule has 0 aliphatic rings. The fourth-order valence-electron chi connectivity index (χ4n) is 2.52. The SMILES string of the molecule is N#Cc1c(-c2ccc(C(F)(F)F)cc2)cc(-c2ccc(Cl)cc2)nc1N. The summed E-state index contributed by atoms with van der Waals surface area (Å²) in [5.74, 6) is 0.00912. The number of nitrogens with two attached hydrogens (primary N) is 1. The summed E-state index contributed by atoms with van der Waals surface area (Å²) in [6.45, 7) is 0. The zero-order chi connectivity index (χ0) is 18.9. The van der Waals surface area contributed by atoms with Gasteiger partial charge >= 0.3 is 6.18 Å². The maximum absolute atomic E-state index is 12.8. The van der Waals surface area contributed by atoms with Crippen LogP contribution in [0.3, 0.4) is 0 Å². The number of benzene rings is 2. The molecule has 0 atom stereocenters. The van der Waals surface area contributed by atoms with Crippen molar-refractivity contribution in [3.63, 3.8) is 0 Å². The van der Waals surface area contributed by atoms with Gasteiger partial charge in [-0.1, -0.05) is 35.9 Å². The Bertz CT molecular complexity index is 989. The molecule has 26 heavy (non-hydrogen) atoms. The van der Waals surface area contributed by atoms with E-state index in [2.05, 4.69) is 4.98 Å². The van der Waals surface area contributed by atoms with E-state index in [-0.39, 0.29) is 11.4 Å². The molecule has 0 radical (unpaired) electrons. The third kappa shape index (κ3) is 3.48. The lowest BCUT2D eigenvalue weighted by Crippen LogP contribution is -2.04. The summed E-state index contributed by atoms with van der Waals surface area (Å²) >= 11 is 5.88. The van der Waals surface area contributed by atoms with Crippen molar-refractivity contribution in [2.75, 3.05) is 5.73 Å². The first-order chi connectivity index (χ1) is 12.3. The molecule has 2 N–H and O–H groups in total. The molecule has 0 saturated heterocycles. The number of rotatable bonds is 2. The maximum atomic E-state index is 12.8. The second kappa shape index (κ2) is 6.70. The molecular formula is C19H11ClF3N3. The molecule has 3 rings (SSSR count). The largest absolute Gasteiger partial charge is 0.416 e. The molecule has 2 aromatic carbocycles. The number of alkyl halides is 3. The molecule has 7 heteroatoms. The first kappa shape index (κ1) is 17.8. The van der Waals surface area contributed by atoms with Crippen LogP contribution in [0.2, 0.25) is 5.02 Å². The number of nitrogens with zero attached hydrogens (tertiary/aromatic N) is 2. The lowest BCUT2D eigenvalue weighted by Gasteiger charge is -2.12. The standard InChI is InChI=1S/C19H11ClF3N3/c20-14-7-3-12(4-8-14)17-9-15(16(10-24)18(25)26-17)11-1-5-13(6-2-11)19(21,22)23/h1-9H,(H2,25,26). The lowest BCUT2D eigenvalue weighted by atomic mass is 9.97. The van der Waals surface area contributed by atoms with Crippen molar-refractivity contribution in [2.45, 2.75) is 6.18 Å². The molecule has 1 heterocycles. The maximum Gasteiger partial charge on any atom is 0.416 e. The molecule has 0 bridgehead atoms. The number of hydrogen-bond donors (Lipinski definition) is 1. The Morgan fingerprint density at radius 2 is 1.54 bits per heavy atom. The highest BCUT2D eigenvalue weighted by molar-refractivity contribution is 6.30. The van der Waals surface area contributed by atoms with E-state index in [1.165, 1.54) is 12.1 Å². The predicted octanol–water partition coefficient (Wildman–Crippen LogP) is 5.54. The minimum absolute atomic E-state index is 0.00912. The molecule has 0 amide bonds. The van der Waals surface area contributed by atoms with Crippen LogP contribution >= 0.6 is 11.6 Å². The van der Waals surface area contributed by atoms with Gasteiger partial charge in [-0.2, -0.15) is 18.4 Å². The van der Waals surface area contributed by atoms with Crippen molar-refractivity contribution in [2.24, 2.45) is 0 Å². The summed E-state index contributed by atoms with van der Waals surface area (Å²) in [4.78, 5) is 4.22. The summed E-state index contributed by atoms with van der Waals surface area (Å²) < 4.78 is 38.3. The van der Waals surface area contributed by atoms with Gasteiger partial charge in [-0.3, -0.25) is 0 Å². The molecule has 0 unspecified atom stereocenters. The third-order valence-electron chi connectivity index (χ3n) is 3.82. The predicted molar refractivity (Wildman–Crippen MR) is 94.2 cm³/mol. The van der Waals surface area contributed by atoms with Gasteiger partial charge < -0.3 is 5.73 Å². The van der Waals surface area contributed by atoms with Gasteiger partial charge in [-0.05, 0) is 35.9 Å². The zero-order valence-corrected chi connectivity index (χ0v) is 13.9. The van der Waals surface area contributed by atoms with Crippen molar-refractivity contribution in [1.29, 1.82) is 5.26 Å². The van der Waals surface area contributed by atoms with E-state index >= 15 is 0 Å². The van der Waals surface area contributed by atoms with Gasteiger partial charge in [0.15, 0.2) is 0 Å². The first-order valence-electron chi connectivity index (χ1n) is 7.44. The van der Waals surface area contributed by atoms with Crippen LogP contribution in [0.4, 0.5) is 19.0 Å². The van der Waals surface area contributed by atoms with Crippen molar-refractivity contribution in [3.8, 4) is 28.5 Å². The number of aromatic nitrogens is 1.